The lowest BCUT2D eigenvalue weighted by atomic mass is 10.1. The minimum atomic E-state index is -0.155. The van der Waals surface area contributed by atoms with Gasteiger partial charge in [0.15, 0.2) is 5.65 Å². The summed E-state index contributed by atoms with van der Waals surface area (Å²) < 4.78 is 12.5. The first-order valence-electron chi connectivity index (χ1n) is 6.96. The zero-order chi connectivity index (χ0) is 14.7. The lowest BCUT2D eigenvalue weighted by Crippen LogP contribution is -2.50. The van der Waals surface area contributed by atoms with E-state index >= 15 is 0 Å². The van der Waals surface area contributed by atoms with E-state index in [-0.39, 0.29) is 18.1 Å². The van der Waals surface area contributed by atoms with Gasteiger partial charge in [0.1, 0.15) is 6.10 Å². The Morgan fingerprint density at radius 3 is 3.38 bits per heavy atom. The summed E-state index contributed by atoms with van der Waals surface area (Å²) in [5, 5.41) is 14.1. The highest BCUT2D eigenvalue weighted by Gasteiger charge is 2.27. The number of ether oxygens (including phenoxy) is 2. The molecule has 0 spiro atoms. The average molecular weight is 291 g/mol. The number of rotatable bonds is 4. The largest absolute Gasteiger partial charge is 0.379 e. The maximum absolute atomic E-state index is 12.3. The van der Waals surface area contributed by atoms with Gasteiger partial charge in [0.05, 0.1) is 12.6 Å². The molecule has 2 aromatic heterocycles. The van der Waals surface area contributed by atoms with Crippen molar-refractivity contribution in [2.75, 3.05) is 19.8 Å². The Labute approximate surface area is 121 Å². The number of nitrogens with one attached hydrogen (secondary N) is 1. The second-order valence-corrected chi connectivity index (χ2v) is 4.83. The molecule has 0 aliphatic carbocycles. The summed E-state index contributed by atoms with van der Waals surface area (Å²) in [5.74, 6) is -0.155. The molecule has 8 nitrogen and oxygen atoms in total. The number of amides is 1. The maximum Gasteiger partial charge on any atom is 0.251 e. The van der Waals surface area contributed by atoms with Crippen molar-refractivity contribution in [2.45, 2.75) is 25.5 Å². The Kier molecular flexibility index (Phi) is 4.07. The van der Waals surface area contributed by atoms with Gasteiger partial charge < -0.3 is 14.8 Å². The number of fused-ring (bicyclic) bond motifs is 1. The molecule has 1 saturated heterocycles. The molecule has 8 heteroatoms. The Bertz CT molecular complexity index is 627. The third kappa shape index (κ3) is 3.01. The van der Waals surface area contributed by atoms with E-state index in [9.17, 15) is 4.79 Å². The molecule has 1 fully saturated rings. The number of hydrogen-bond acceptors (Lipinski definition) is 6. The number of aromatic nitrogens is 4. The summed E-state index contributed by atoms with van der Waals surface area (Å²) >= 11 is 0. The van der Waals surface area contributed by atoms with E-state index in [1.54, 1.807) is 18.3 Å². The second-order valence-electron chi connectivity index (χ2n) is 4.83. The molecule has 21 heavy (non-hydrogen) atoms. The molecule has 1 aliphatic heterocycles. The predicted molar refractivity (Wildman–Crippen MR) is 72.9 cm³/mol. The van der Waals surface area contributed by atoms with Crippen molar-refractivity contribution >= 4 is 11.6 Å². The summed E-state index contributed by atoms with van der Waals surface area (Å²) in [5.41, 5.74) is 1.06. The van der Waals surface area contributed by atoms with Crippen molar-refractivity contribution in [3.63, 3.8) is 0 Å². The Morgan fingerprint density at radius 1 is 1.62 bits per heavy atom. The van der Waals surface area contributed by atoms with E-state index in [0.29, 0.717) is 31.0 Å². The molecule has 1 aliphatic rings. The molecule has 0 saturated carbocycles. The molecule has 1 N–H and O–H groups in total. The fourth-order valence-electron chi connectivity index (χ4n) is 2.39. The summed E-state index contributed by atoms with van der Waals surface area (Å²) in [6.07, 6.45) is 2.30. The number of nitrogens with zero attached hydrogens (tertiary/aromatic N) is 4. The van der Waals surface area contributed by atoms with Crippen molar-refractivity contribution in [1.29, 1.82) is 0 Å². The number of pyridine rings is 1. The van der Waals surface area contributed by atoms with Crippen LogP contribution in [-0.4, -0.2) is 57.9 Å². The Hall–Kier alpha value is -2.06. The fraction of sp³-hybridized carbons (Fsp3) is 0.538. The molecule has 2 aromatic rings. The van der Waals surface area contributed by atoms with Crippen LogP contribution in [0.1, 0.15) is 23.7 Å². The quantitative estimate of drug-likeness (QED) is 0.856. The Balaban J connectivity index is 1.72. The molecule has 0 bridgehead atoms. The van der Waals surface area contributed by atoms with Crippen LogP contribution < -0.4 is 5.32 Å². The first-order chi connectivity index (χ1) is 10.3. The zero-order valence-corrected chi connectivity index (χ0v) is 11.7. The maximum atomic E-state index is 12.3. The van der Waals surface area contributed by atoms with Crippen molar-refractivity contribution < 1.29 is 14.3 Å². The third-order valence-electron chi connectivity index (χ3n) is 3.46. The van der Waals surface area contributed by atoms with Gasteiger partial charge in [0, 0.05) is 25.0 Å². The Morgan fingerprint density at radius 2 is 2.52 bits per heavy atom. The predicted octanol–water partition coefficient (Wildman–Crippen LogP) is 0.0481. The van der Waals surface area contributed by atoms with Gasteiger partial charge in [-0.3, -0.25) is 4.79 Å². The van der Waals surface area contributed by atoms with Gasteiger partial charge in [0.25, 0.3) is 5.91 Å². The van der Waals surface area contributed by atoms with Crippen LogP contribution in [0.4, 0.5) is 0 Å². The van der Waals surface area contributed by atoms with E-state index in [2.05, 4.69) is 20.8 Å². The molecule has 0 unspecified atom stereocenters. The van der Waals surface area contributed by atoms with Crippen LogP contribution in [0, 0.1) is 0 Å². The lowest BCUT2D eigenvalue weighted by molar-refractivity contribution is -0.0632. The molecule has 3 heterocycles. The number of carbonyl (C=O) groups is 1. The molecule has 0 radical (unpaired) electrons. The van der Waals surface area contributed by atoms with Gasteiger partial charge in [-0.1, -0.05) is 0 Å². The lowest BCUT2D eigenvalue weighted by Gasteiger charge is -2.31. The van der Waals surface area contributed by atoms with Gasteiger partial charge in [-0.25, -0.2) is 4.52 Å². The molecule has 0 aromatic carbocycles. The number of hydrogen-bond donors (Lipinski definition) is 1. The molecule has 1 amide bonds. The average Bonchev–Trinajstić information content (AvgIpc) is 2.97. The van der Waals surface area contributed by atoms with Crippen LogP contribution in [0.5, 0.6) is 0 Å². The molecule has 112 valence electrons. The van der Waals surface area contributed by atoms with Crippen LogP contribution in [0.25, 0.3) is 5.65 Å². The van der Waals surface area contributed by atoms with E-state index in [0.717, 1.165) is 6.42 Å². The van der Waals surface area contributed by atoms with E-state index in [4.69, 9.17) is 9.47 Å². The minimum absolute atomic E-state index is 0.0431. The van der Waals surface area contributed by atoms with Gasteiger partial charge in [-0.15, -0.1) is 5.10 Å². The van der Waals surface area contributed by atoms with Crippen molar-refractivity contribution in [3.8, 4) is 0 Å². The number of carbonyl (C=O) groups excluding carboxylic acids is 1. The minimum Gasteiger partial charge on any atom is -0.379 e. The van der Waals surface area contributed by atoms with Gasteiger partial charge in [-0.05, 0) is 35.9 Å². The normalized spacial score (nSPS) is 22.3. The monoisotopic (exact) mass is 291 g/mol. The van der Waals surface area contributed by atoms with Gasteiger partial charge in [-0.2, -0.15) is 0 Å². The topological polar surface area (TPSA) is 90.6 Å². The summed E-state index contributed by atoms with van der Waals surface area (Å²) in [4.78, 5) is 12.3. The van der Waals surface area contributed by atoms with Crippen LogP contribution in [0.15, 0.2) is 18.3 Å². The van der Waals surface area contributed by atoms with E-state index < -0.39 is 0 Å². The molecular weight excluding hydrogens is 274 g/mol. The first kappa shape index (κ1) is 13.9. The second kappa shape index (κ2) is 6.15. The molecule has 3 rings (SSSR count). The number of tetrazole rings is 1. The fourth-order valence-corrected chi connectivity index (χ4v) is 2.39. The van der Waals surface area contributed by atoms with Crippen molar-refractivity contribution in [1.82, 2.24) is 25.4 Å². The van der Waals surface area contributed by atoms with Crippen LogP contribution in [-0.2, 0) is 9.47 Å². The molecular formula is C13H17N5O3. The van der Waals surface area contributed by atoms with Gasteiger partial charge in [0.2, 0.25) is 0 Å². The van der Waals surface area contributed by atoms with Crippen molar-refractivity contribution in [3.05, 3.63) is 23.9 Å². The summed E-state index contributed by atoms with van der Waals surface area (Å²) in [6, 6.07) is 3.30. The smallest absolute Gasteiger partial charge is 0.251 e. The van der Waals surface area contributed by atoms with Crippen LogP contribution >= 0.6 is 0 Å². The zero-order valence-electron chi connectivity index (χ0n) is 11.7. The first-order valence-corrected chi connectivity index (χ1v) is 6.96. The third-order valence-corrected chi connectivity index (χ3v) is 3.46. The highest BCUT2D eigenvalue weighted by Crippen LogP contribution is 2.13. The molecule has 2 atom stereocenters. The highest BCUT2D eigenvalue weighted by atomic mass is 16.5. The van der Waals surface area contributed by atoms with E-state index in [1.807, 2.05) is 6.92 Å². The van der Waals surface area contributed by atoms with Gasteiger partial charge >= 0.3 is 0 Å². The highest BCUT2D eigenvalue weighted by molar-refractivity contribution is 5.95. The summed E-state index contributed by atoms with van der Waals surface area (Å²) in [6.45, 7) is 3.66. The SMILES string of the molecule is CCO[C@@H]1COCC[C@H]1NC(=O)c1ccn2nnnc2c1. The standard InChI is InChI=1S/C13H17N5O3/c1-2-21-11-8-20-6-4-10(11)14-13(19)9-3-5-18-12(7-9)15-16-17-18/h3,5,7,10-11H,2,4,6,8H2,1H3,(H,14,19)/t10-,11-/m1/s1. The van der Waals surface area contributed by atoms with Crippen molar-refractivity contribution in [2.24, 2.45) is 0 Å². The summed E-state index contributed by atoms with van der Waals surface area (Å²) in [7, 11) is 0. The van der Waals surface area contributed by atoms with Crippen LogP contribution in [0.2, 0.25) is 0 Å². The van der Waals surface area contributed by atoms with E-state index in [1.165, 1.54) is 4.52 Å². The van der Waals surface area contributed by atoms with Crippen LogP contribution in [0.3, 0.4) is 0 Å².